The summed E-state index contributed by atoms with van der Waals surface area (Å²) in [4.78, 5) is 8.62. The largest absolute Gasteiger partial charge is 0.489 e. The zero-order valence-electron chi connectivity index (χ0n) is 14.3. The van der Waals surface area contributed by atoms with E-state index in [1.807, 2.05) is 39.0 Å². The monoisotopic (exact) mass is 355 g/mol. The Hall–Kier alpha value is -2.66. The highest BCUT2D eigenvalue weighted by Gasteiger charge is 2.14. The van der Waals surface area contributed by atoms with E-state index in [0.717, 1.165) is 33.7 Å². The summed E-state index contributed by atoms with van der Waals surface area (Å²) >= 11 is 6.00. The summed E-state index contributed by atoms with van der Waals surface area (Å²) in [7, 11) is 0. The molecule has 0 aliphatic carbocycles. The number of benzene rings is 1. The minimum Gasteiger partial charge on any atom is -0.489 e. The van der Waals surface area contributed by atoms with Crippen LogP contribution < -0.4 is 4.74 Å². The second-order valence-electron chi connectivity index (χ2n) is 5.78. The zero-order valence-corrected chi connectivity index (χ0v) is 15.1. The number of hydrogen-bond acceptors (Lipinski definition) is 5. The van der Waals surface area contributed by atoms with Gasteiger partial charge in [-0.15, -0.1) is 0 Å². The van der Waals surface area contributed by atoms with Crippen LogP contribution >= 0.6 is 11.6 Å². The molecule has 2 aromatic heterocycles. The van der Waals surface area contributed by atoms with E-state index < -0.39 is 0 Å². The summed E-state index contributed by atoms with van der Waals surface area (Å²) in [6.07, 6.45) is 1.72. The molecule has 3 aromatic rings. The molecule has 5 nitrogen and oxygen atoms in total. The van der Waals surface area contributed by atoms with Gasteiger partial charge in [0.15, 0.2) is 0 Å². The van der Waals surface area contributed by atoms with Gasteiger partial charge in [-0.3, -0.25) is 0 Å². The molecule has 0 fully saturated rings. The lowest BCUT2D eigenvalue weighted by atomic mass is 10.1. The van der Waals surface area contributed by atoms with Gasteiger partial charge in [0.2, 0.25) is 5.82 Å². The van der Waals surface area contributed by atoms with Crippen molar-refractivity contribution < 1.29 is 9.26 Å². The van der Waals surface area contributed by atoms with Gasteiger partial charge in [0.25, 0.3) is 5.89 Å². The first-order valence-electron chi connectivity index (χ1n) is 7.81. The van der Waals surface area contributed by atoms with E-state index in [2.05, 4.69) is 21.7 Å². The second kappa shape index (κ2) is 7.07. The molecule has 0 saturated heterocycles. The van der Waals surface area contributed by atoms with E-state index >= 15 is 0 Å². The average Bonchev–Trinajstić information content (AvgIpc) is 3.03. The minimum absolute atomic E-state index is 0.394. The van der Waals surface area contributed by atoms with Gasteiger partial charge >= 0.3 is 0 Å². The van der Waals surface area contributed by atoms with E-state index in [9.17, 15) is 0 Å². The summed E-state index contributed by atoms with van der Waals surface area (Å²) in [6, 6.07) is 7.51. The van der Waals surface area contributed by atoms with Gasteiger partial charge in [0.1, 0.15) is 17.5 Å². The number of aryl methyl sites for hydroxylation is 3. The van der Waals surface area contributed by atoms with E-state index in [4.69, 9.17) is 20.9 Å². The van der Waals surface area contributed by atoms with Gasteiger partial charge in [-0.25, -0.2) is 4.98 Å². The van der Waals surface area contributed by atoms with Crippen LogP contribution in [0, 0.1) is 20.8 Å². The SMILES string of the molecule is C=CCOc1c(C)cc(-c2noc(-c3cc(C)nc(Cl)c3)n2)cc1C. The first kappa shape index (κ1) is 17.2. The number of nitrogens with zero attached hydrogens (tertiary/aromatic N) is 3. The van der Waals surface area contributed by atoms with Gasteiger partial charge in [0.05, 0.1) is 0 Å². The van der Waals surface area contributed by atoms with Crippen LogP contribution in [0.4, 0.5) is 0 Å². The topological polar surface area (TPSA) is 61.0 Å². The molecule has 6 heteroatoms. The molecule has 0 unspecified atom stereocenters. The quantitative estimate of drug-likeness (QED) is 0.479. The predicted octanol–water partition coefficient (Wildman–Crippen LogP) is 4.94. The molecule has 0 amide bonds. The third kappa shape index (κ3) is 3.72. The Morgan fingerprint density at radius 3 is 2.44 bits per heavy atom. The summed E-state index contributed by atoms with van der Waals surface area (Å²) in [5, 5.41) is 4.48. The molecule has 2 heterocycles. The Bertz CT molecular complexity index is 891. The molecule has 0 radical (unpaired) electrons. The number of pyridine rings is 1. The minimum atomic E-state index is 0.394. The number of rotatable bonds is 5. The fourth-order valence-corrected chi connectivity index (χ4v) is 2.91. The van der Waals surface area contributed by atoms with Crippen LogP contribution in [0.2, 0.25) is 5.15 Å². The van der Waals surface area contributed by atoms with Crippen molar-refractivity contribution in [1.82, 2.24) is 15.1 Å². The first-order valence-corrected chi connectivity index (χ1v) is 8.19. The highest BCUT2D eigenvalue weighted by molar-refractivity contribution is 6.29. The molecule has 0 spiro atoms. The Kier molecular flexibility index (Phi) is 4.86. The third-order valence-corrected chi connectivity index (χ3v) is 3.85. The van der Waals surface area contributed by atoms with Gasteiger partial charge in [-0.2, -0.15) is 4.98 Å². The van der Waals surface area contributed by atoms with Gasteiger partial charge in [-0.05, 0) is 56.2 Å². The molecule has 0 atom stereocenters. The predicted molar refractivity (Wildman–Crippen MR) is 97.9 cm³/mol. The smallest absolute Gasteiger partial charge is 0.258 e. The maximum atomic E-state index is 6.00. The molecule has 0 aliphatic heterocycles. The number of hydrogen-bond donors (Lipinski definition) is 0. The molecule has 0 bridgehead atoms. The van der Waals surface area contributed by atoms with Crippen molar-refractivity contribution in [3.8, 4) is 28.6 Å². The van der Waals surface area contributed by atoms with E-state index in [1.165, 1.54) is 0 Å². The van der Waals surface area contributed by atoms with E-state index in [0.29, 0.717) is 23.5 Å². The van der Waals surface area contributed by atoms with Crippen molar-refractivity contribution >= 4 is 11.6 Å². The van der Waals surface area contributed by atoms with Crippen molar-refractivity contribution in [2.75, 3.05) is 6.61 Å². The van der Waals surface area contributed by atoms with E-state index in [1.54, 1.807) is 12.1 Å². The molecule has 1 aromatic carbocycles. The number of aromatic nitrogens is 3. The highest BCUT2D eigenvalue weighted by atomic mass is 35.5. The first-order chi connectivity index (χ1) is 12.0. The average molecular weight is 356 g/mol. The molecule has 128 valence electrons. The summed E-state index contributed by atoms with van der Waals surface area (Å²) in [6.45, 7) is 9.98. The fourth-order valence-electron chi connectivity index (χ4n) is 2.66. The standard InChI is InChI=1S/C19H18ClN3O2/c1-5-6-24-17-11(2)7-14(8-12(17)3)18-22-19(25-23-18)15-9-13(4)21-16(20)10-15/h5,7-10H,1,6H2,2-4H3. The lowest BCUT2D eigenvalue weighted by molar-refractivity contribution is 0.358. The number of halogens is 1. The van der Waals surface area contributed by atoms with Gasteiger partial charge < -0.3 is 9.26 Å². The Labute approximate surface area is 151 Å². The third-order valence-electron chi connectivity index (χ3n) is 3.66. The highest BCUT2D eigenvalue weighted by Crippen LogP contribution is 2.30. The Morgan fingerprint density at radius 1 is 1.08 bits per heavy atom. The number of ether oxygens (including phenoxy) is 1. The lowest BCUT2D eigenvalue weighted by Gasteiger charge is -2.11. The fraction of sp³-hybridized carbons (Fsp3) is 0.211. The van der Waals surface area contributed by atoms with Crippen LogP contribution in [0.25, 0.3) is 22.8 Å². The summed E-state index contributed by atoms with van der Waals surface area (Å²) < 4.78 is 11.1. The summed E-state index contributed by atoms with van der Waals surface area (Å²) in [5.41, 5.74) is 4.41. The molecular weight excluding hydrogens is 338 g/mol. The molecule has 25 heavy (non-hydrogen) atoms. The van der Waals surface area contributed by atoms with Gasteiger partial charge in [-0.1, -0.05) is 29.4 Å². The van der Waals surface area contributed by atoms with Crippen molar-refractivity contribution in [3.63, 3.8) is 0 Å². The van der Waals surface area contributed by atoms with Crippen LogP contribution in [0.15, 0.2) is 41.4 Å². The van der Waals surface area contributed by atoms with Crippen molar-refractivity contribution in [2.24, 2.45) is 0 Å². The van der Waals surface area contributed by atoms with Crippen LogP contribution in [0.3, 0.4) is 0 Å². The van der Waals surface area contributed by atoms with Crippen molar-refractivity contribution in [2.45, 2.75) is 20.8 Å². The molecule has 3 rings (SSSR count). The molecule has 0 saturated carbocycles. The normalized spacial score (nSPS) is 10.7. The second-order valence-corrected chi connectivity index (χ2v) is 6.17. The maximum Gasteiger partial charge on any atom is 0.258 e. The zero-order chi connectivity index (χ0) is 18.0. The molecule has 0 N–H and O–H groups in total. The Balaban J connectivity index is 1.96. The van der Waals surface area contributed by atoms with Crippen LogP contribution in [-0.2, 0) is 0 Å². The lowest BCUT2D eigenvalue weighted by Crippen LogP contribution is -1.98. The summed E-state index contributed by atoms with van der Waals surface area (Å²) in [5.74, 6) is 1.77. The van der Waals surface area contributed by atoms with Crippen LogP contribution in [0.5, 0.6) is 5.75 Å². The van der Waals surface area contributed by atoms with Crippen LogP contribution in [0.1, 0.15) is 16.8 Å². The van der Waals surface area contributed by atoms with Gasteiger partial charge in [0, 0.05) is 16.8 Å². The maximum absolute atomic E-state index is 6.00. The van der Waals surface area contributed by atoms with Crippen molar-refractivity contribution in [1.29, 1.82) is 0 Å². The molecule has 0 aliphatic rings. The Morgan fingerprint density at radius 2 is 1.80 bits per heavy atom. The van der Waals surface area contributed by atoms with Crippen molar-refractivity contribution in [3.05, 3.63) is 58.9 Å². The van der Waals surface area contributed by atoms with Crippen LogP contribution in [-0.4, -0.2) is 21.7 Å². The molecular formula is C19H18ClN3O2. The van der Waals surface area contributed by atoms with E-state index in [-0.39, 0.29) is 0 Å².